The maximum Gasteiger partial charge on any atom is 0.407 e. The number of rotatable bonds is 6. The van der Waals surface area contributed by atoms with Gasteiger partial charge in [-0.2, -0.15) is 0 Å². The van der Waals surface area contributed by atoms with Gasteiger partial charge in [0.15, 0.2) is 6.10 Å². The fraction of sp³-hybridized carbons (Fsp3) is 0.556. The molecule has 1 aromatic rings. The number of ether oxygens (including phenoxy) is 4. The van der Waals surface area contributed by atoms with Crippen LogP contribution in [0.4, 0.5) is 4.79 Å². The summed E-state index contributed by atoms with van der Waals surface area (Å²) in [6.45, 7) is 8.14. The van der Waals surface area contributed by atoms with E-state index in [0.717, 1.165) is 5.56 Å². The van der Waals surface area contributed by atoms with Crippen LogP contribution in [0.15, 0.2) is 18.2 Å². The Morgan fingerprint density at radius 2 is 2.08 bits per heavy atom. The van der Waals surface area contributed by atoms with Crippen molar-refractivity contribution in [3.63, 3.8) is 0 Å². The molecule has 0 radical (unpaired) electrons. The van der Waals surface area contributed by atoms with Gasteiger partial charge in [-0.1, -0.05) is 0 Å². The Hall–Kier alpha value is -2.44. The summed E-state index contributed by atoms with van der Waals surface area (Å²) in [5.74, 6) is 0.956. The summed E-state index contributed by atoms with van der Waals surface area (Å²) in [6, 6.07) is 5.37. The lowest BCUT2D eigenvalue weighted by atomic mass is 10.1. The SMILES string of the molecule is CCOC(=O)C1Cc2cc(OCCNC(=O)OC(C)(C)C)ccc2O1. The summed E-state index contributed by atoms with van der Waals surface area (Å²) in [4.78, 5) is 23.3. The van der Waals surface area contributed by atoms with E-state index in [1.165, 1.54) is 0 Å². The second-order valence-corrected chi connectivity index (χ2v) is 6.61. The number of amides is 1. The molecule has 1 aromatic carbocycles. The minimum Gasteiger partial charge on any atom is -0.492 e. The summed E-state index contributed by atoms with van der Waals surface area (Å²) >= 11 is 0. The van der Waals surface area contributed by atoms with Crippen molar-refractivity contribution in [2.75, 3.05) is 19.8 Å². The lowest BCUT2D eigenvalue weighted by Crippen LogP contribution is -2.34. The Morgan fingerprint density at radius 1 is 1.32 bits per heavy atom. The Balaban J connectivity index is 1.78. The molecule has 25 heavy (non-hydrogen) atoms. The number of carbonyl (C=O) groups excluding carboxylic acids is 2. The zero-order valence-electron chi connectivity index (χ0n) is 15.1. The van der Waals surface area contributed by atoms with Crippen LogP contribution in [0.25, 0.3) is 0 Å². The van der Waals surface area contributed by atoms with E-state index in [1.54, 1.807) is 39.8 Å². The van der Waals surface area contributed by atoms with Crippen LogP contribution in [-0.4, -0.2) is 43.5 Å². The Bertz CT molecular complexity index is 622. The van der Waals surface area contributed by atoms with E-state index in [0.29, 0.717) is 37.7 Å². The molecule has 0 aromatic heterocycles. The predicted molar refractivity (Wildman–Crippen MR) is 90.9 cm³/mol. The molecule has 1 heterocycles. The van der Waals surface area contributed by atoms with Crippen molar-refractivity contribution in [1.82, 2.24) is 5.32 Å². The topological polar surface area (TPSA) is 83.1 Å². The Kier molecular flexibility index (Phi) is 6.12. The number of carbonyl (C=O) groups is 2. The standard InChI is InChI=1S/C18H25NO6/c1-5-22-16(20)15-11-12-10-13(6-7-14(12)24-15)23-9-8-19-17(21)25-18(2,3)4/h6-7,10,15H,5,8-9,11H2,1-4H3,(H,19,21). The fourth-order valence-electron chi connectivity index (χ4n) is 2.32. The van der Waals surface area contributed by atoms with Gasteiger partial charge in [-0.15, -0.1) is 0 Å². The zero-order chi connectivity index (χ0) is 18.4. The minimum atomic E-state index is -0.598. The lowest BCUT2D eigenvalue weighted by Gasteiger charge is -2.19. The second kappa shape index (κ2) is 8.09. The average molecular weight is 351 g/mol. The summed E-state index contributed by atoms with van der Waals surface area (Å²) in [5.41, 5.74) is 0.371. The van der Waals surface area contributed by atoms with Crippen molar-refractivity contribution in [3.05, 3.63) is 23.8 Å². The van der Waals surface area contributed by atoms with Gasteiger partial charge in [-0.3, -0.25) is 0 Å². The number of esters is 1. The van der Waals surface area contributed by atoms with E-state index in [9.17, 15) is 9.59 Å². The van der Waals surface area contributed by atoms with Gasteiger partial charge in [0.25, 0.3) is 0 Å². The molecule has 1 unspecified atom stereocenters. The minimum absolute atomic E-state index is 0.306. The molecule has 7 heteroatoms. The van der Waals surface area contributed by atoms with Crippen LogP contribution >= 0.6 is 0 Å². The molecule has 7 nitrogen and oxygen atoms in total. The van der Waals surface area contributed by atoms with Gasteiger partial charge in [0.05, 0.1) is 13.2 Å². The van der Waals surface area contributed by atoms with E-state index in [2.05, 4.69) is 5.32 Å². The molecule has 2 rings (SSSR count). The first kappa shape index (κ1) is 18.9. The molecule has 1 aliphatic heterocycles. The number of nitrogens with one attached hydrogen (secondary N) is 1. The molecule has 0 spiro atoms. The van der Waals surface area contributed by atoms with Crippen molar-refractivity contribution in [1.29, 1.82) is 0 Å². The first-order valence-corrected chi connectivity index (χ1v) is 8.34. The summed E-state index contributed by atoms with van der Waals surface area (Å²) in [7, 11) is 0. The van der Waals surface area contributed by atoms with Crippen LogP contribution in [0.3, 0.4) is 0 Å². The zero-order valence-corrected chi connectivity index (χ0v) is 15.1. The highest BCUT2D eigenvalue weighted by Gasteiger charge is 2.30. The molecule has 0 saturated carbocycles. The number of alkyl carbamates (subject to hydrolysis) is 1. The molecule has 1 atom stereocenters. The van der Waals surface area contributed by atoms with E-state index in [1.807, 2.05) is 6.07 Å². The number of benzene rings is 1. The average Bonchev–Trinajstić information content (AvgIpc) is 2.93. The lowest BCUT2D eigenvalue weighted by molar-refractivity contribution is -0.150. The van der Waals surface area contributed by atoms with Crippen LogP contribution in [0, 0.1) is 0 Å². The highest BCUT2D eigenvalue weighted by Crippen LogP contribution is 2.32. The van der Waals surface area contributed by atoms with Gasteiger partial charge in [0.1, 0.15) is 23.7 Å². The number of hydrogen-bond acceptors (Lipinski definition) is 6. The van der Waals surface area contributed by atoms with Crippen LogP contribution in [0.1, 0.15) is 33.3 Å². The molecular formula is C18H25NO6. The quantitative estimate of drug-likeness (QED) is 0.626. The first-order valence-electron chi connectivity index (χ1n) is 8.34. The fourth-order valence-corrected chi connectivity index (χ4v) is 2.32. The van der Waals surface area contributed by atoms with Gasteiger partial charge < -0.3 is 24.3 Å². The molecule has 1 aliphatic rings. The van der Waals surface area contributed by atoms with Gasteiger partial charge in [0, 0.05) is 12.0 Å². The Morgan fingerprint density at radius 3 is 2.76 bits per heavy atom. The highest BCUT2D eigenvalue weighted by atomic mass is 16.6. The summed E-state index contributed by atoms with van der Waals surface area (Å²) in [6.07, 6.45) is -0.614. The van der Waals surface area contributed by atoms with Gasteiger partial charge in [0.2, 0.25) is 0 Å². The van der Waals surface area contributed by atoms with E-state index >= 15 is 0 Å². The van der Waals surface area contributed by atoms with Crippen LogP contribution < -0.4 is 14.8 Å². The van der Waals surface area contributed by atoms with Crippen molar-refractivity contribution in [2.24, 2.45) is 0 Å². The first-order chi connectivity index (χ1) is 11.8. The van der Waals surface area contributed by atoms with Crippen LogP contribution in [-0.2, 0) is 20.7 Å². The maximum atomic E-state index is 11.7. The van der Waals surface area contributed by atoms with E-state index < -0.39 is 17.8 Å². The van der Waals surface area contributed by atoms with Crippen LogP contribution in [0.5, 0.6) is 11.5 Å². The van der Waals surface area contributed by atoms with Crippen molar-refractivity contribution >= 4 is 12.1 Å². The normalized spacial score (nSPS) is 15.8. The molecule has 138 valence electrons. The second-order valence-electron chi connectivity index (χ2n) is 6.61. The highest BCUT2D eigenvalue weighted by molar-refractivity contribution is 5.77. The maximum absolute atomic E-state index is 11.7. The number of fused-ring (bicyclic) bond motifs is 1. The van der Waals surface area contributed by atoms with E-state index in [4.69, 9.17) is 18.9 Å². The predicted octanol–water partition coefficient (Wildman–Crippen LogP) is 2.46. The third-order valence-electron chi connectivity index (χ3n) is 3.29. The summed E-state index contributed by atoms with van der Waals surface area (Å²) in [5, 5.41) is 2.63. The van der Waals surface area contributed by atoms with Crippen molar-refractivity contribution in [2.45, 2.75) is 45.8 Å². The van der Waals surface area contributed by atoms with E-state index in [-0.39, 0.29) is 5.97 Å². The largest absolute Gasteiger partial charge is 0.492 e. The molecule has 0 aliphatic carbocycles. The molecule has 0 saturated heterocycles. The third kappa shape index (κ3) is 5.85. The molecule has 0 bridgehead atoms. The van der Waals surface area contributed by atoms with Gasteiger partial charge in [-0.05, 0) is 45.9 Å². The Labute approximate surface area is 147 Å². The monoisotopic (exact) mass is 351 g/mol. The van der Waals surface area contributed by atoms with Crippen LogP contribution in [0.2, 0.25) is 0 Å². The third-order valence-corrected chi connectivity index (χ3v) is 3.29. The molecule has 0 fully saturated rings. The van der Waals surface area contributed by atoms with Crippen molar-refractivity contribution in [3.8, 4) is 11.5 Å². The molecule has 1 amide bonds. The van der Waals surface area contributed by atoms with Gasteiger partial charge in [-0.25, -0.2) is 9.59 Å². The molecular weight excluding hydrogens is 326 g/mol. The number of hydrogen-bond donors (Lipinski definition) is 1. The van der Waals surface area contributed by atoms with Gasteiger partial charge >= 0.3 is 12.1 Å². The van der Waals surface area contributed by atoms with Crippen molar-refractivity contribution < 1.29 is 28.5 Å². The molecule has 1 N–H and O–H groups in total. The smallest absolute Gasteiger partial charge is 0.407 e. The summed E-state index contributed by atoms with van der Waals surface area (Å²) < 4.78 is 21.3.